The smallest absolute Gasteiger partial charge is 0.224 e. The van der Waals surface area contributed by atoms with Crippen molar-refractivity contribution in [3.63, 3.8) is 0 Å². The molecule has 1 rings (SSSR count). The first-order chi connectivity index (χ1) is 13.7. The number of hydrogen-bond acceptors (Lipinski definition) is 3. The monoisotopic (exact) mass is 390 g/mol. The van der Waals surface area contributed by atoms with E-state index in [-0.39, 0.29) is 5.91 Å². The van der Waals surface area contributed by atoms with Gasteiger partial charge in [0.2, 0.25) is 5.91 Å². The fraction of sp³-hybridized carbons (Fsp3) is 0.708. The average Bonchev–Trinajstić information content (AvgIpc) is 2.71. The summed E-state index contributed by atoms with van der Waals surface area (Å²) in [4.78, 5) is 14.6. The van der Waals surface area contributed by atoms with E-state index in [1.165, 1.54) is 51.4 Å². The van der Waals surface area contributed by atoms with Crippen LogP contribution in [0.1, 0.15) is 91.4 Å². The summed E-state index contributed by atoms with van der Waals surface area (Å²) in [5, 5.41) is 3.05. The molecule has 0 aliphatic rings. The van der Waals surface area contributed by atoms with E-state index in [9.17, 15) is 4.79 Å². The van der Waals surface area contributed by atoms with Gasteiger partial charge in [-0.2, -0.15) is 0 Å². The Hall–Kier alpha value is -1.71. The summed E-state index contributed by atoms with van der Waals surface area (Å²) in [5.74, 6) is 0.980. The van der Waals surface area contributed by atoms with Crippen molar-refractivity contribution in [1.29, 1.82) is 0 Å². The van der Waals surface area contributed by atoms with Crippen molar-refractivity contribution in [2.75, 3.05) is 30.4 Å². The van der Waals surface area contributed by atoms with Crippen LogP contribution in [0.25, 0.3) is 0 Å². The van der Waals surface area contributed by atoms with Gasteiger partial charge in [0.15, 0.2) is 0 Å². The Morgan fingerprint density at radius 3 is 2.04 bits per heavy atom. The van der Waals surface area contributed by atoms with Crippen molar-refractivity contribution in [2.45, 2.75) is 91.4 Å². The number of unbranched alkanes of at least 4 members (excludes halogenated alkanes) is 7. The molecular formula is C24H42N2O2. The van der Waals surface area contributed by atoms with E-state index >= 15 is 0 Å². The molecule has 0 aliphatic heterocycles. The summed E-state index contributed by atoms with van der Waals surface area (Å²) >= 11 is 0. The Labute approximate surface area is 173 Å². The SMILES string of the molecule is CCCCCCN(CCCCCC)c1cc(NC(=O)CCCC)ccc1OC. The number of rotatable bonds is 16. The molecule has 1 N–H and O–H groups in total. The lowest BCUT2D eigenvalue weighted by Crippen LogP contribution is -2.26. The van der Waals surface area contributed by atoms with Crippen LogP contribution in [0.5, 0.6) is 5.75 Å². The van der Waals surface area contributed by atoms with E-state index in [0.29, 0.717) is 6.42 Å². The van der Waals surface area contributed by atoms with Gasteiger partial charge in [-0.05, 0) is 37.5 Å². The average molecular weight is 391 g/mol. The molecule has 0 bridgehead atoms. The van der Waals surface area contributed by atoms with Crippen LogP contribution >= 0.6 is 0 Å². The van der Waals surface area contributed by atoms with E-state index in [2.05, 4.69) is 37.1 Å². The van der Waals surface area contributed by atoms with E-state index in [1.807, 2.05) is 12.1 Å². The van der Waals surface area contributed by atoms with Crippen LogP contribution in [-0.4, -0.2) is 26.1 Å². The van der Waals surface area contributed by atoms with Crippen LogP contribution in [0.2, 0.25) is 0 Å². The third-order valence-electron chi connectivity index (χ3n) is 5.12. The normalized spacial score (nSPS) is 10.7. The lowest BCUT2D eigenvalue weighted by molar-refractivity contribution is -0.116. The van der Waals surface area contributed by atoms with Gasteiger partial charge in [-0.15, -0.1) is 0 Å². The second-order valence-electron chi connectivity index (χ2n) is 7.65. The maximum absolute atomic E-state index is 12.1. The van der Waals surface area contributed by atoms with Crippen LogP contribution in [0.15, 0.2) is 18.2 Å². The molecular weight excluding hydrogens is 348 g/mol. The van der Waals surface area contributed by atoms with Gasteiger partial charge in [-0.25, -0.2) is 0 Å². The number of nitrogens with zero attached hydrogens (tertiary/aromatic N) is 1. The number of ether oxygens (including phenoxy) is 1. The molecule has 0 unspecified atom stereocenters. The van der Waals surface area contributed by atoms with Gasteiger partial charge < -0.3 is 15.0 Å². The number of benzene rings is 1. The van der Waals surface area contributed by atoms with Crippen molar-refractivity contribution in [1.82, 2.24) is 0 Å². The summed E-state index contributed by atoms with van der Waals surface area (Å²) in [6.45, 7) is 8.67. The van der Waals surface area contributed by atoms with Gasteiger partial charge in [0, 0.05) is 25.2 Å². The lowest BCUT2D eigenvalue weighted by atomic mass is 10.1. The first-order valence-electron chi connectivity index (χ1n) is 11.4. The number of anilines is 2. The zero-order valence-electron chi connectivity index (χ0n) is 18.7. The highest BCUT2D eigenvalue weighted by molar-refractivity contribution is 5.91. The Morgan fingerprint density at radius 2 is 1.50 bits per heavy atom. The summed E-state index contributed by atoms with van der Waals surface area (Å²) in [6.07, 6.45) is 12.5. The highest BCUT2D eigenvalue weighted by Gasteiger charge is 2.14. The zero-order chi connectivity index (χ0) is 20.6. The molecule has 0 aliphatic carbocycles. The standard InChI is InChI=1S/C24H42N2O2/c1-5-8-11-13-18-26(19-14-12-9-6-2)22-20-21(16-17-23(22)28-4)25-24(27)15-10-7-3/h16-17,20H,5-15,18-19H2,1-4H3,(H,25,27). The van der Waals surface area contributed by atoms with Crippen LogP contribution in [0.3, 0.4) is 0 Å². The first-order valence-corrected chi connectivity index (χ1v) is 11.4. The van der Waals surface area contributed by atoms with E-state index in [1.54, 1.807) is 7.11 Å². The molecule has 4 heteroatoms. The molecule has 1 amide bonds. The fourth-order valence-corrected chi connectivity index (χ4v) is 3.39. The quantitative estimate of drug-likeness (QED) is 0.316. The van der Waals surface area contributed by atoms with Crippen LogP contribution in [-0.2, 0) is 4.79 Å². The van der Waals surface area contributed by atoms with Gasteiger partial charge in [0.05, 0.1) is 12.8 Å². The third kappa shape index (κ3) is 9.48. The highest BCUT2D eigenvalue weighted by Crippen LogP contribution is 2.32. The third-order valence-corrected chi connectivity index (χ3v) is 5.12. The molecule has 0 fully saturated rings. The summed E-state index contributed by atoms with van der Waals surface area (Å²) < 4.78 is 5.65. The zero-order valence-corrected chi connectivity index (χ0v) is 18.7. The Balaban J connectivity index is 2.89. The largest absolute Gasteiger partial charge is 0.495 e. The van der Waals surface area contributed by atoms with Gasteiger partial charge >= 0.3 is 0 Å². The van der Waals surface area contributed by atoms with Crippen molar-refractivity contribution < 1.29 is 9.53 Å². The van der Waals surface area contributed by atoms with Gasteiger partial charge in [-0.1, -0.05) is 65.7 Å². The molecule has 0 atom stereocenters. The maximum Gasteiger partial charge on any atom is 0.224 e. The second-order valence-corrected chi connectivity index (χ2v) is 7.65. The van der Waals surface area contributed by atoms with Gasteiger partial charge in [0.1, 0.15) is 5.75 Å². The number of amides is 1. The predicted octanol–water partition coefficient (Wildman–Crippen LogP) is 6.79. The Morgan fingerprint density at radius 1 is 0.893 bits per heavy atom. The number of nitrogens with one attached hydrogen (secondary N) is 1. The van der Waals surface area contributed by atoms with Crippen molar-refractivity contribution in [3.05, 3.63) is 18.2 Å². The van der Waals surface area contributed by atoms with E-state index in [4.69, 9.17) is 4.74 Å². The second kappa shape index (κ2) is 15.2. The maximum atomic E-state index is 12.1. The molecule has 0 spiro atoms. The minimum absolute atomic E-state index is 0.0930. The molecule has 4 nitrogen and oxygen atoms in total. The van der Waals surface area contributed by atoms with Gasteiger partial charge in [-0.3, -0.25) is 4.79 Å². The summed E-state index contributed by atoms with van der Waals surface area (Å²) in [7, 11) is 1.73. The van der Waals surface area contributed by atoms with Crippen molar-refractivity contribution in [2.24, 2.45) is 0 Å². The molecule has 0 radical (unpaired) electrons. The molecule has 0 heterocycles. The molecule has 0 saturated heterocycles. The van der Waals surface area contributed by atoms with E-state index in [0.717, 1.165) is 43.1 Å². The summed E-state index contributed by atoms with van der Waals surface area (Å²) in [5.41, 5.74) is 1.97. The Bertz CT molecular complexity index is 533. The van der Waals surface area contributed by atoms with Crippen LogP contribution in [0.4, 0.5) is 11.4 Å². The molecule has 0 saturated carbocycles. The van der Waals surface area contributed by atoms with E-state index < -0.39 is 0 Å². The predicted molar refractivity (Wildman–Crippen MR) is 122 cm³/mol. The van der Waals surface area contributed by atoms with Gasteiger partial charge in [0.25, 0.3) is 0 Å². The van der Waals surface area contributed by atoms with Crippen molar-refractivity contribution >= 4 is 17.3 Å². The highest BCUT2D eigenvalue weighted by atomic mass is 16.5. The Kier molecular flexibility index (Phi) is 13.2. The molecule has 0 aromatic heterocycles. The molecule has 28 heavy (non-hydrogen) atoms. The van der Waals surface area contributed by atoms with Crippen LogP contribution in [0, 0.1) is 0 Å². The minimum Gasteiger partial charge on any atom is -0.495 e. The number of carbonyl (C=O) groups excluding carboxylic acids is 1. The summed E-state index contributed by atoms with van der Waals surface area (Å²) in [6, 6.07) is 6.01. The molecule has 1 aromatic rings. The lowest BCUT2D eigenvalue weighted by Gasteiger charge is -2.27. The topological polar surface area (TPSA) is 41.6 Å². The van der Waals surface area contributed by atoms with Crippen LogP contribution < -0.4 is 15.0 Å². The number of hydrogen-bond donors (Lipinski definition) is 1. The number of carbonyl (C=O) groups is 1. The van der Waals surface area contributed by atoms with Crippen molar-refractivity contribution in [3.8, 4) is 5.75 Å². The molecule has 160 valence electrons. The fourth-order valence-electron chi connectivity index (χ4n) is 3.39. The number of methoxy groups -OCH3 is 1. The molecule has 1 aromatic carbocycles. The first kappa shape index (κ1) is 24.3. The minimum atomic E-state index is 0.0930.